The van der Waals surface area contributed by atoms with Crippen LogP contribution in [0.1, 0.15) is 17.7 Å². The number of nitrogens with zero attached hydrogens (tertiary/aromatic N) is 4. The van der Waals surface area contributed by atoms with Crippen LogP contribution in [0.4, 0.5) is 0 Å². The van der Waals surface area contributed by atoms with Crippen LogP contribution in [-0.4, -0.2) is 33.5 Å². The van der Waals surface area contributed by atoms with E-state index in [1.54, 1.807) is 18.6 Å². The van der Waals surface area contributed by atoms with Crippen molar-refractivity contribution < 1.29 is 0 Å². The van der Waals surface area contributed by atoms with Crippen LogP contribution in [0, 0.1) is 5.92 Å². The molecule has 0 saturated heterocycles. The number of hydrogen-bond donors (Lipinski definition) is 1. The molecule has 1 atom stereocenters. The minimum Gasteiger partial charge on any atom is -0.319 e. The fourth-order valence-electron chi connectivity index (χ4n) is 2.58. The van der Waals surface area contributed by atoms with Gasteiger partial charge >= 0.3 is 0 Å². The van der Waals surface area contributed by atoms with Gasteiger partial charge < -0.3 is 5.32 Å². The van der Waals surface area contributed by atoms with Crippen molar-refractivity contribution in [3.8, 4) is 11.5 Å². The Morgan fingerprint density at radius 2 is 2.21 bits per heavy atom. The first-order valence-corrected chi connectivity index (χ1v) is 6.62. The van der Waals surface area contributed by atoms with Gasteiger partial charge in [0, 0.05) is 24.3 Å². The van der Waals surface area contributed by atoms with E-state index in [-0.39, 0.29) is 0 Å². The van der Waals surface area contributed by atoms with E-state index >= 15 is 0 Å². The molecule has 19 heavy (non-hydrogen) atoms. The third kappa shape index (κ3) is 2.61. The minimum atomic E-state index is 0.680. The maximum atomic E-state index is 4.64. The monoisotopic (exact) mass is 255 g/mol. The second-order valence-corrected chi connectivity index (χ2v) is 4.92. The van der Waals surface area contributed by atoms with E-state index in [9.17, 15) is 0 Å². The number of hydrogen-bond acceptors (Lipinski definition) is 5. The van der Waals surface area contributed by atoms with Crippen molar-refractivity contribution in [2.45, 2.75) is 19.3 Å². The molecule has 0 radical (unpaired) electrons. The Kier molecular flexibility index (Phi) is 3.46. The van der Waals surface area contributed by atoms with Crippen molar-refractivity contribution in [3.63, 3.8) is 0 Å². The number of aromatic nitrogens is 4. The molecule has 0 fully saturated rings. The van der Waals surface area contributed by atoms with Crippen molar-refractivity contribution in [2.24, 2.45) is 5.92 Å². The topological polar surface area (TPSA) is 63.6 Å². The summed E-state index contributed by atoms with van der Waals surface area (Å²) >= 11 is 0. The fraction of sp³-hybridized carbons (Fsp3) is 0.429. The van der Waals surface area contributed by atoms with Crippen molar-refractivity contribution >= 4 is 0 Å². The average Bonchev–Trinajstić information content (AvgIpc) is 2.48. The summed E-state index contributed by atoms with van der Waals surface area (Å²) in [5.41, 5.74) is 3.18. The second kappa shape index (κ2) is 5.40. The molecule has 5 heteroatoms. The lowest BCUT2D eigenvalue weighted by Crippen LogP contribution is -2.25. The molecule has 0 aromatic carbocycles. The van der Waals surface area contributed by atoms with Crippen molar-refractivity contribution in [2.75, 3.05) is 13.6 Å². The van der Waals surface area contributed by atoms with Gasteiger partial charge in [-0.15, -0.1) is 0 Å². The van der Waals surface area contributed by atoms with Crippen LogP contribution in [0.3, 0.4) is 0 Å². The van der Waals surface area contributed by atoms with E-state index in [0.29, 0.717) is 11.7 Å². The highest BCUT2D eigenvalue weighted by molar-refractivity contribution is 5.47. The lowest BCUT2D eigenvalue weighted by molar-refractivity contribution is 0.434. The van der Waals surface area contributed by atoms with Gasteiger partial charge in [0.25, 0.3) is 0 Å². The summed E-state index contributed by atoms with van der Waals surface area (Å²) < 4.78 is 0. The van der Waals surface area contributed by atoms with Gasteiger partial charge in [-0.25, -0.2) is 15.0 Å². The molecule has 2 aromatic heterocycles. The van der Waals surface area contributed by atoms with E-state index in [1.165, 1.54) is 17.7 Å². The third-order valence-corrected chi connectivity index (χ3v) is 3.54. The summed E-state index contributed by atoms with van der Waals surface area (Å²) in [6.45, 7) is 1.06. The Morgan fingerprint density at radius 1 is 1.26 bits per heavy atom. The quantitative estimate of drug-likeness (QED) is 0.894. The zero-order chi connectivity index (χ0) is 13.1. The highest BCUT2D eigenvalue weighted by atomic mass is 14.9. The number of aryl methyl sites for hydroxylation is 1. The standard InChI is InChI=1S/C14H17N5/c1-15-7-10-2-3-12-11(6-10)8-18-14(19-12)13-9-16-4-5-17-13/h4-5,8-10,15H,2-3,6-7H2,1H3. The first kappa shape index (κ1) is 12.2. The molecule has 0 bridgehead atoms. The first-order valence-electron chi connectivity index (χ1n) is 6.62. The second-order valence-electron chi connectivity index (χ2n) is 4.92. The van der Waals surface area contributed by atoms with Crippen LogP contribution in [0.15, 0.2) is 24.8 Å². The van der Waals surface area contributed by atoms with Crippen LogP contribution in [-0.2, 0) is 12.8 Å². The smallest absolute Gasteiger partial charge is 0.179 e. The maximum Gasteiger partial charge on any atom is 0.179 e. The van der Waals surface area contributed by atoms with Crippen LogP contribution < -0.4 is 5.32 Å². The maximum absolute atomic E-state index is 4.64. The Morgan fingerprint density at radius 3 is 3.00 bits per heavy atom. The summed E-state index contributed by atoms with van der Waals surface area (Å²) in [7, 11) is 2.00. The van der Waals surface area contributed by atoms with Crippen LogP contribution in [0.5, 0.6) is 0 Å². The van der Waals surface area contributed by atoms with Crippen LogP contribution in [0.25, 0.3) is 11.5 Å². The zero-order valence-electron chi connectivity index (χ0n) is 11.0. The molecule has 1 unspecified atom stereocenters. The lowest BCUT2D eigenvalue weighted by Gasteiger charge is -2.23. The largest absolute Gasteiger partial charge is 0.319 e. The molecule has 3 rings (SSSR count). The van der Waals surface area contributed by atoms with Crippen molar-refractivity contribution in [1.29, 1.82) is 0 Å². The molecule has 2 aromatic rings. The van der Waals surface area contributed by atoms with E-state index in [2.05, 4.69) is 25.3 Å². The molecule has 5 nitrogen and oxygen atoms in total. The van der Waals surface area contributed by atoms with E-state index in [4.69, 9.17) is 0 Å². The van der Waals surface area contributed by atoms with Crippen LogP contribution in [0.2, 0.25) is 0 Å². The number of fused-ring (bicyclic) bond motifs is 1. The Bertz CT molecular complexity index is 555. The molecule has 2 heterocycles. The van der Waals surface area contributed by atoms with Gasteiger partial charge in [0.15, 0.2) is 5.82 Å². The molecular formula is C14H17N5. The third-order valence-electron chi connectivity index (χ3n) is 3.54. The Labute approximate surface area is 112 Å². The molecule has 0 amide bonds. The highest BCUT2D eigenvalue weighted by Crippen LogP contribution is 2.24. The lowest BCUT2D eigenvalue weighted by atomic mass is 9.87. The normalized spacial score (nSPS) is 18.1. The number of rotatable bonds is 3. The molecule has 1 aliphatic carbocycles. The highest BCUT2D eigenvalue weighted by Gasteiger charge is 2.20. The summed E-state index contributed by atoms with van der Waals surface area (Å²) in [4.78, 5) is 17.4. The summed E-state index contributed by atoms with van der Waals surface area (Å²) in [6, 6.07) is 0. The van der Waals surface area contributed by atoms with Gasteiger partial charge in [-0.1, -0.05) is 0 Å². The SMILES string of the molecule is CNCC1CCc2nc(-c3cnccn3)ncc2C1. The predicted molar refractivity (Wildman–Crippen MR) is 72.5 cm³/mol. The van der Waals surface area contributed by atoms with Crippen molar-refractivity contribution in [3.05, 3.63) is 36.0 Å². The van der Waals surface area contributed by atoms with Crippen molar-refractivity contribution in [1.82, 2.24) is 25.3 Å². The summed E-state index contributed by atoms with van der Waals surface area (Å²) in [5.74, 6) is 1.38. The molecule has 0 saturated carbocycles. The molecule has 1 N–H and O–H groups in total. The summed E-state index contributed by atoms with van der Waals surface area (Å²) in [6.07, 6.45) is 10.3. The zero-order valence-corrected chi connectivity index (χ0v) is 11.0. The molecular weight excluding hydrogens is 238 g/mol. The molecule has 0 spiro atoms. The van der Waals surface area contributed by atoms with E-state index < -0.39 is 0 Å². The Balaban J connectivity index is 1.86. The van der Waals surface area contributed by atoms with Gasteiger partial charge in [0.2, 0.25) is 0 Å². The van der Waals surface area contributed by atoms with Gasteiger partial charge in [0.1, 0.15) is 5.69 Å². The van der Waals surface area contributed by atoms with Gasteiger partial charge in [-0.05, 0) is 44.3 Å². The van der Waals surface area contributed by atoms with E-state index in [1.807, 2.05) is 13.2 Å². The summed E-state index contributed by atoms with van der Waals surface area (Å²) in [5, 5.41) is 3.25. The molecule has 1 aliphatic rings. The molecule has 98 valence electrons. The van der Waals surface area contributed by atoms with E-state index in [0.717, 1.165) is 25.1 Å². The fourth-order valence-corrected chi connectivity index (χ4v) is 2.58. The van der Waals surface area contributed by atoms with Gasteiger partial charge in [-0.2, -0.15) is 0 Å². The van der Waals surface area contributed by atoms with Gasteiger partial charge in [0.05, 0.1) is 6.20 Å². The Hall–Kier alpha value is -1.88. The van der Waals surface area contributed by atoms with Crippen LogP contribution >= 0.6 is 0 Å². The van der Waals surface area contributed by atoms with Gasteiger partial charge in [-0.3, -0.25) is 4.98 Å². The average molecular weight is 255 g/mol. The predicted octanol–water partition coefficient (Wildman–Crippen LogP) is 1.26. The first-order chi connectivity index (χ1) is 9.36. The minimum absolute atomic E-state index is 0.680. The number of nitrogens with one attached hydrogen (secondary N) is 1. The molecule has 0 aliphatic heterocycles.